The van der Waals surface area contributed by atoms with Crippen molar-refractivity contribution in [3.63, 3.8) is 0 Å². The van der Waals surface area contributed by atoms with Gasteiger partial charge in [0.2, 0.25) is 0 Å². The topological polar surface area (TPSA) is 25.8 Å². The van der Waals surface area contributed by atoms with Crippen LogP contribution in [0.15, 0.2) is 218 Å². The summed E-state index contributed by atoms with van der Waals surface area (Å²) in [5.41, 5.74) is 17.6. The molecule has 0 unspecified atom stereocenters. The van der Waals surface area contributed by atoms with Crippen molar-refractivity contribution in [1.29, 1.82) is 0 Å². The first-order chi connectivity index (χ1) is 30.3. The quantitative estimate of drug-likeness (QED) is 0.167. The number of fused-ring (bicyclic) bond motifs is 16. The van der Waals surface area contributed by atoms with Crippen molar-refractivity contribution >= 4 is 32.3 Å². The predicted molar refractivity (Wildman–Crippen MR) is 253 cm³/mol. The van der Waals surface area contributed by atoms with Crippen molar-refractivity contribution < 1.29 is 0 Å². The highest BCUT2D eigenvalue weighted by Crippen LogP contribution is 2.63. The molecule has 2 nitrogen and oxygen atoms in total. The minimum atomic E-state index is -0.401. The van der Waals surface area contributed by atoms with E-state index in [1.165, 1.54) is 88.0 Å². The van der Waals surface area contributed by atoms with Crippen molar-refractivity contribution in [3.05, 3.63) is 241 Å². The van der Waals surface area contributed by atoms with Gasteiger partial charge in [0.25, 0.3) is 0 Å². The average Bonchev–Trinajstić information content (AvgIpc) is 3.81. The van der Waals surface area contributed by atoms with Gasteiger partial charge in [-0.3, -0.25) is 0 Å². The van der Waals surface area contributed by atoms with E-state index in [0.29, 0.717) is 5.82 Å². The SMILES string of the molecule is c1ccc(-c2cc(-c3cccc4c5ccccc5c5ccc(-c6ccc7c(c6)C6(c8ccccc8-c8ccccc86)c6ccccc6-7)cc5c34)nc(-c3ccccc3)n2)cc1. The monoisotopic (exact) mass is 772 g/mol. The lowest BCUT2D eigenvalue weighted by molar-refractivity contribution is 0.794. The molecule has 1 spiro atoms. The zero-order chi connectivity index (χ0) is 40.1. The van der Waals surface area contributed by atoms with E-state index in [9.17, 15) is 0 Å². The third-order valence-electron chi connectivity index (χ3n) is 13.3. The highest BCUT2D eigenvalue weighted by atomic mass is 14.9. The van der Waals surface area contributed by atoms with Crippen LogP contribution in [-0.2, 0) is 5.41 Å². The van der Waals surface area contributed by atoms with Crippen molar-refractivity contribution in [1.82, 2.24) is 9.97 Å². The maximum absolute atomic E-state index is 5.34. The lowest BCUT2D eigenvalue weighted by Crippen LogP contribution is -2.25. The first-order valence-corrected chi connectivity index (χ1v) is 21.1. The van der Waals surface area contributed by atoms with Gasteiger partial charge in [-0.1, -0.05) is 200 Å². The van der Waals surface area contributed by atoms with Crippen LogP contribution in [-0.4, -0.2) is 9.97 Å². The van der Waals surface area contributed by atoms with E-state index < -0.39 is 5.41 Å². The summed E-state index contributed by atoms with van der Waals surface area (Å²) in [5, 5.41) is 7.31. The van der Waals surface area contributed by atoms with E-state index in [4.69, 9.17) is 9.97 Å². The van der Waals surface area contributed by atoms with Crippen molar-refractivity contribution in [2.75, 3.05) is 0 Å². The Morgan fingerprint density at radius 1 is 0.262 bits per heavy atom. The second-order valence-corrected chi connectivity index (χ2v) is 16.4. The van der Waals surface area contributed by atoms with Gasteiger partial charge in [-0.25, -0.2) is 9.97 Å². The molecule has 0 saturated heterocycles. The lowest BCUT2D eigenvalue weighted by atomic mass is 9.70. The Hall–Kier alpha value is -7.94. The largest absolute Gasteiger partial charge is 0.228 e. The van der Waals surface area contributed by atoms with Gasteiger partial charge in [-0.05, 0) is 106 Å². The Bertz CT molecular complexity index is 3470. The van der Waals surface area contributed by atoms with Crippen LogP contribution in [0.5, 0.6) is 0 Å². The first-order valence-electron chi connectivity index (χ1n) is 21.1. The Morgan fingerprint density at radius 2 is 0.738 bits per heavy atom. The molecule has 2 heteroatoms. The molecule has 0 bridgehead atoms. The lowest BCUT2D eigenvalue weighted by Gasteiger charge is -2.30. The molecule has 0 N–H and O–H groups in total. The van der Waals surface area contributed by atoms with E-state index in [0.717, 1.165) is 28.1 Å². The summed E-state index contributed by atoms with van der Waals surface area (Å²) in [6.07, 6.45) is 0. The van der Waals surface area contributed by atoms with E-state index in [2.05, 4.69) is 212 Å². The molecule has 0 saturated carbocycles. The van der Waals surface area contributed by atoms with Gasteiger partial charge >= 0.3 is 0 Å². The van der Waals surface area contributed by atoms with Crippen LogP contribution >= 0.6 is 0 Å². The minimum absolute atomic E-state index is 0.401. The van der Waals surface area contributed by atoms with Gasteiger partial charge in [0.1, 0.15) is 0 Å². The highest BCUT2D eigenvalue weighted by molar-refractivity contribution is 6.28. The zero-order valence-electron chi connectivity index (χ0n) is 33.2. The van der Waals surface area contributed by atoms with Crippen LogP contribution in [0.1, 0.15) is 22.3 Å². The second-order valence-electron chi connectivity index (χ2n) is 16.4. The molecule has 0 fully saturated rings. The molecular weight excluding hydrogens is 737 g/mol. The van der Waals surface area contributed by atoms with Gasteiger partial charge in [0.05, 0.1) is 16.8 Å². The maximum atomic E-state index is 5.34. The zero-order valence-corrected chi connectivity index (χ0v) is 33.2. The molecule has 2 aliphatic rings. The number of rotatable bonds is 4. The Morgan fingerprint density at radius 3 is 1.41 bits per heavy atom. The summed E-state index contributed by atoms with van der Waals surface area (Å²) in [6.45, 7) is 0. The van der Waals surface area contributed by atoms with Crippen molar-refractivity contribution in [3.8, 4) is 67.3 Å². The normalized spacial score (nSPS) is 13.0. The van der Waals surface area contributed by atoms with Crippen LogP contribution in [0.2, 0.25) is 0 Å². The van der Waals surface area contributed by atoms with Gasteiger partial charge < -0.3 is 0 Å². The minimum Gasteiger partial charge on any atom is -0.228 e. The van der Waals surface area contributed by atoms with E-state index >= 15 is 0 Å². The van der Waals surface area contributed by atoms with Crippen molar-refractivity contribution in [2.45, 2.75) is 5.41 Å². The van der Waals surface area contributed by atoms with Crippen LogP contribution in [0.25, 0.3) is 99.6 Å². The smallest absolute Gasteiger partial charge is 0.160 e. The van der Waals surface area contributed by atoms with Gasteiger partial charge in [0, 0.05) is 16.7 Å². The fraction of sp³-hybridized carbons (Fsp3) is 0.0169. The average molecular weight is 773 g/mol. The van der Waals surface area contributed by atoms with Crippen LogP contribution < -0.4 is 0 Å². The molecule has 1 aromatic heterocycles. The predicted octanol–water partition coefficient (Wildman–Crippen LogP) is 14.9. The number of aromatic nitrogens is 2. The van der Waals surface area contributed by atoms with E-state index in [1.54, 1.807) is 0 Å². The van der Waals surface area contributed by atoms with Gasteiger partial charge in [-0.15, -0.1) is 0 Å². The molecule has 0 radical (unpaired) electrons. The number of benzene rings is 10. The molecule has 61 heavy (non-hydrogen) atoms. The molecule has 0 atom stereocenters. The molecule has 1 heterocycles. The highest BCUT2D eigenvalue weighted by Gasteiger charge is 2.51. The fourth-order valence-electron chi connectivity index (χ4n) is 10.7. The van der Waals surface area contributed by atoms with Crippen LogP contribution in [0.3, 0.4) is 0 Å². The number of hydrogen-bond acceptors (Lipinski definition) is 2. The fourth-order valence-corrected chi connectivity index (χ4v) is 10.7. The Labute approximate surface area is 354 Å². The first kappa shape index (κ1) is 34.0. The molecule has 282 valence electrons. The standard InChI is InChI=1S/C59H36N2/c1-3-16-37(17-4-1)55-36-56(61-58(60-55)38-18-5-2-6-19-38)49-26-15-25-48-42-21-8-7-20-41(42)43-32-30-39(34-50(43)57(48)49)40-31-33-47-46-24-11-14-29-53(46)59(54(47)35-40)51-27-12-9-22-44(51)45-23-10-13-28-52(45)59/h1-36H. The summed E-state index contributed by atoms with van der Waals surface area (Å²) in [6, 6.07) is 79.8. The van der Waals surface area contributed by atoms with Gasteiger partial charge in [0.15, 0.2) is 5.82 Å². The van der Waals surface area contributed by atoms with E-state index in [-0.39, 0.29) is 0 Å². The summed E-state index contributed by atoms with van der Waals surface area (Å²) in [7, 11) is 0. The molecule has 10 aromatic carbocycles. The summed E-state index contributed by atoms with van der Waals surface area (Å²) >= 11 is 0. The second kappa shape index (κ2) is 13.0. The third kappa shape index (κ3) is 4.85. The summed E-state index contributed by atoms with van der Waals surface area (Å²) in [5.74, 6) is 0.711. The third-order valence-corrected chi connectivity index (χ3v) is 13.3. The van der Waals surface area contributed by atoms with Crippen molar-refractivity contribution in [2.24, 2.45) is 0 Å². The summed E-state index contributed by atoms with van der Waals surface area (Å²) in [4.78, 5) is 10.5. The van der Waals surface area contributed by atoms with Crippen LogP contribution in [0, 0.1) is 0 Å². The van der Waals surface area contributed by atoms with E-state index in [1.807, 2.05) is 6.07 Å². The summed E-state index contributed by atoms with van der Waals surface area (Å²) < 4.78 is 0. The Kier molecular flexibility index (Phi) is 7.26. The number of hydrogen-bond donors (Lipinski definition) is 0. The van der Waals surface area contributed by atoms with Gasteiger partial charge in [-0.2, -0.15) is 0 Å². The molecular formula is C59H36N2. The molecule has 0 amide bonds. The molecule has 2 aliphatic carbocycles. The molecule has 11 aromatic rings. The molecule has 0 aliphatic heterocycles. The molecule has 13 rings (SSSR count). The Balaban J connectivity index is 1.07. The van der Waals surface area contributed by atoms with Crippen LogP contribution in [0.4, 0.5) is 0 Å². The number of nitrogens with zero attached hydrogens (tertiary/aromatic N) is 2. The maximum Gasteiger partial charge on any atom is 0.160 e.